The van der Waals surface area contributed by atoms with Gasteiger partial charge in [0.1, 0.15) is 7.05 Å². The molecule has 196 valence electrons. The highest BCUT2D eigenvalue weighted by molar-refractivity contribution is 6.88. The van der Waals surface area contributed by atoms with Gasteiger partial charge >= 0.3 is 0 Å². The van der Waals surface area contributed by atoms with Crippen molar-refractivity contribution in [2.45, 2.75) is 60.7 Å². The summed E-state index contributed by atoms with van der Waals surface area (Å²) in [7, 11) is 0.720. The van der Waals surface area contributed by atoms with Crippen molar-refractivity contribution in [1.82, 2.24) is 4.40 Å². The molecule has 0 fully saturated rings. The Morgan fingerprint density at radius 2 is 1.49 bits per heavy atom. The lowest BCUT2D eigenvalue weighted by molar-refractivity contribution is -0.643. The molecule has 7 rings (SSSR count). The summed E-state index contributed by atoms with van der Waals surface area (Å²) >= 11 is 0. The molecule has 2 nitrogen and oxygen atoms in total. The number of aryl methyl sites for hydroxylation is 3. The maximum absolute atomic E-state index is 2.67. The van der Waals surface area contributed by atoms with Crippen LogP contribution in [0.5, 0.6) is 0 Å². The van der Waals surface area contributed by atoms with E-state index in [9.17, 15) is 0 Å². The summed E-state index contributed by atoms with van der Waals surface area (Å²) < 4.78 is 5.04. The Bertz CT molecular complexity index is 2130. The second-order valence-corrected chi connectivity index (χ2v) is 19.2. The van der Waals surface area contributed by atoms with Crippen molar-refractivity contribution in [3.8, 4) is 0 Å². The lowest BCUT2D eigenvalue weighted by atomic mass is 9.83. The highest BCUT2D eigenvalue weighted by Gasteiger charge is 2.29. The van der Waals surface area contributed by atoms with Crippen LogP contribution < -0.4 is 9.75 Å². The van der Waals surface area contributed by atoms with Crippen molar-refractivity contribution in [2.24, 2.45) is 12.5 Å². The predicted molar refractivity (Wildman–Crippen MR) is 173 cm³/mol. The lowest BCUT2D eigenvalue weighted by Gasteiger charge is -2.24. The molecule has 0 unspecified atom stereocenters. The van der Waals surface area contributed by atoms with E-state index in [1.54, 1.807) is 0 Å². The molecular weight excluding hydrogens is 488 g/mol. The van der Waals surface area contributed by atoms with Gasteiger partial charge in [0.15, 0.2) is 6.20 Å². The summed E-state index contributed by atoms with van der Waals surface area (Å²) in [6.45, 7) is 19.1. The predicted octanol–water partition coefficient (Wildman–Crippen LogP) is 8.72. The minimum atomic E-state index is -1.50. The van der Waals surface area contributed by atoms with Crippen LogP contribution in [-0.2, 0) is 13.5 Å². The second-order valence-electron chi connectivity index (χ2n) is 14.1. The van der Waals surface area contributed by atoms with Crippen LogP contribution in [0.4, 0.5) is 0 Å². The van der Waals surface area contributed by atoms with E-state index in [1.165, 1.54) is 81.6 Å². The molecule has 0 aliphatic heterocycles. The molecule has 3 heteroatoms. The van der Waals surface area contributed by atoms with Crippen molar-refractivity contribution in [2.75, 3.05) is 0 Å². The lowest BCUT2D eigenvalue weighted by Crippen LogP contribution is -2.37. The fraction of sp³-hybridized carbons (Fsp3) is 0.306. The number of pyridine rings is 2. The van der Waals surface area contributed by atoms with Crippen molar-refractivity contribution in [3.63, 3.8) is 0 Å². The molecule has 39 heavy (non-hydrogen) atoms. The zero-order valence-corrected chi connectivity index (χ0v) is 25.9. The summed E-state index contributed by atoms with van der Waals surface area (Å²) in [4.78, 5) is 0. The van der Waals surface area contributed by atoms with Crippen LogP contribution in [0.1, 0.15) is 37.5 Å². The summed E-state index contributed by atoms with van der Waals surface area (Å²) in [5.74, 6) is 0. The van der Waals surface area contributed by atoms with Crippen molar-refractivity contribution in [3.05, 3.63) is 77.5 Å². The number of rotatable bonds is 2. The minimum Gasteiger partial charge on any atom is -0.307 e. The molecule has 0 saturated heterocycles. The third kappa shape index (κ3) is 3.42. The van der Waals surface area contributed by atoms with E-state index >= 15 is 0 Å². The van der Waals surface area contributed by atoms with Crippen LogP contribution in [0.15, 0.2) is 60.8 Å². The Morgan fingerprint density at radius 1 is 0.769 bits per heavy atom. The fourth-order valence-electron chi connectivity index (χ4n) is 7.02. The van der Waals surface area contributed by atoms with Crippen LogP contribution in [-0.4, -0.2) is 12.5 Å². The minimum absolute atomic E-state index is 0.150. The van der Waals surface area contributed by atoms with Crippen molar-refractivity contribution >= 4 is 73.0 Å². The average molecular weight is 528 g/mol. The molecule has 0 saturated carbocycles. The maximum atomic E-state index is 2.67. The highest BCUT2D eigenvalue weighted by atomic mass is 28.3. The van der Waals surface area contributed by atoms with Gasteiger partial charge in [0.25, 0.3) is 0 Å². The molecule has 3 heterocycles. The van der Waals surface area contributed by atoms with Crippen LogP contribution in [0.2, 0.25) is 19.6 Å². The second kappa shape index (κ2) is 7.82. The van der Waals surface area contributed by atoms with E-state index in [0.717, 1.165) is 6.42 Å². The van der Waals surface area contributed by atoms with Gasteiger partial charge in [-0.25, -0.2) is 4.57 Å². The quantitative estimate of drug-likeness (QED) is 0.0919. The molecule has 3 aromatic heterocycles. The van der Waals surface area contributed by atoms with E-state index in [0.29, 0.717) is 0 Å². The molecule has 0 aliphatic carbocycles. The molecule has 7 aromatic rings. The first-order chi connectivity index (χ1) is 18.3. The number of benzene rings is 4. The molecule has 0 N–H and O–H groups in total. The largest absolute Gasteiger partial charge is 0.307 e. The zero-order chi connectivity index (χ0) is 27.6. The van der Waals surface area contributed by atoms with Gasteiger partial charge < -0.3 is 4.40 Å². The van der Waals surface area contributed by atoms with E-state index < -0.39 is 8.07 Å². The van der Waals surface area contributed by atoms with Gasteiger partial charge in [0.05, 0.1) is 35.4 Å². The molecule has 0 aliphatic rings. The van der Waals surface area contributed by atoms with E-state index in [2.05, 4.69) is 131 Å². The average Bonchev–Trinajstić information content (AvgIpc) is 3.19. The van der Waals surface area contributed by atoms with Gasteiger partial charge in [-0.1, -0.05) is 93.6 Å². The number of hydrogen-bond acceptors (Lipinski definition) is 0. The number of hydrogen-bond donors (Lipinski definition) is 0. The standard InChI is InChI=1S/C36H39N2Si/c1-21-10-13-25-28(18-21)22(2)31-34(29(25)20-36(3,4)5)38-30-19-24(39(7,8)9)12-15-26(30)27-14-11-23-16-17-37(6)35(31)32(23)33(27)38/h10-19H,20H2,1-9H3/q+1. The number of nitrogens with zero attached hydrogens (tertiary/aromatic N) is 2. The van der Waals surface area contributed by atoms with Crippen molar-refractivity contribution < 1.29 is 4.57 Å². The number of fused-ring (bicyclic) bond motifs is 7. The summed E-state index contributed by atoms with van der Waals surface area (Å²) in [5.41, 5.74) is 9.80. The maximum Gasteiger partial charge on any atom is 0.224 e. The molecule has 0 amide bonds. The summed E-state index contributed by atoms with van der Waals surface area (Å²) in [6, 6.07) is 21.4. The third-order valence-electron chi connectivity index (χ3n) is 8.87. The van der Waals surface area contributed by atoms with Gasteiger partial charge in [0.2, 0.25) is 5.52 Å². The van der Waals surface area contributed by atoms with Gasteiger partial charge in [-0.3, -0.25) is 0 Å². The third-order valence-corrected chi connectivity index (χ3v) is 10.9. The Morgan fingerprint density at radius 3 is 2.21 bits per heavy atom. The summed E-state index contributed by atoms with van der Waals surface area (Å²) in [6.07, 6.45) is 3.27. The van der Waals surface area contributed by atoms with Crippen LogP contribution in [0.25, 0.3) is 59.8 Å². The van der Waals surface area contributed by atoms with E-state index in [4.69, 9.17) is 0 Å². The van der Waals surface area contributed by atoms with Gasteiger partial charge in [-0.2, -0.15) is 0 Å². The molecule has 0 radical (unpaired) electrons. The monoisotopic (exact) mass is 527 g/mol. The zero-order valence-electron chi connectivity index (χ0n) is 24.9. The molecular formula is C36H39N2Si+. The first-order valence-corrected chi connectivity index (χ1v) is 17.8. The Balaban J connectivity index is 1.90. The SMILES string of the molecule is Cc1ccc2c(CC(C)(C)C)c3c(c(C)c2c1)c1c2c(ccc4c5ccc([Si](C)(C)C)cc5n3c42)cc[n+]1C. The van der Waals surface area contributed by atoms with E-state index in [1.807, 2.05) is 0 Å². The van der Waals surface area contributed by atoms with E-state index in [-0.39, 0.29) is 5.41 Å². The first kappa shape index (κ1) is 24.6. The molecule has 4 aromatic carbocycles. The fourth-order valence-corrected chi connectivity index (χ4v) is 8.17. The van der Waals surface area contributed by atoms with Crippen LogP contribution in [0.3, 0.4) is 0 Å². The molecule has 0 atom stereocenters. The summed E-state index contributed by atoms with van der Waals surface area (Å²) in [5, 5.41) is 11.1. The van der Waals surface area contributed by atoms with Gasteiger partial charge in [0, 0.05) is 16.8 Å². The van der Waals surface area contributed by atoms with Crippen LogP contribution >= 0.6 is 0 Å². The van der Waals surface area contributed by atoms with Gasteiger partial charge in [-0.15, -0.1) is 0 Å². The normalized spacial score (nSPS) is 13.4. The van der Waals surface area contributed by atoms with Crippen molar-refractivity contribution in [1.29, 1.82) is 0 Å². The van der Waals surface area contributed by atoms with Crippen LogP contribution in [0, 0.1) is 19.3 Å². The molecule has 0 spiro atoms. The Kier molecular flexibility index (Phi) is 4.93. The Hall–Kier alpha value is -3.43. The smallest absolute Gasteiger partial charge is 0.224 e. The topological polar surface area (TPSA) is 8.29 Å². The number of aromatic nitrogens is 2. The first-order valence-electron chi connectivity index (χ1n) is 14.3. The Labute approximate surface area is 232 Å². The highest BCUT2D eigenvalue weighted by Crippen LogP contribution is 2.45. The molecule has 0 bridgehead atoms. The van der Waals surface area contributed by atoms with Gasteiger partial charge in [-0.05, 0) is 59.0 Å².